The zero-order valence-corrected chi connectivity index (χ0v) is 27.0. The summed E-state index contributed by atoms with van der Waals surface area (Å²) < 4.78 is 0. The van der Waals surface area contributed by atoms with Gasteiger partial charge in [-0.2, -0.15) is 0 Å². The number of hydrogen-bond donors (Lipinski definition) is 7. The van der Waals surface area contributed by atoms with E-state index in [1.54, 1.807) is 7.05 Å². The molecule has 0 aromatic heterocycles. The number of carbonyl (C=O) groups excluding carboxylic acids is 2. The molecule has 2 amide bonds. The number of hydrazine groups is 1. The van der Waals surface area contributed by atoms with Crippen LogP contribution in [0.25, 0.3) is 0 Å². The van der Waals surface area contributed by atoms with Gasteiger partial charge in [0.15, 0.2) is 0 Å². The fraction of sp³-hybridized carbons (Fsp3) is 0.844. The second kappa shape index (κ2) is 29.0. The topological polar surface area (TPSA) is 194 Å². The second-order valence-corrected chi connectivity index (χ2v) is 11.7. The molecule has 0 aromatic carbocycles. The highest BCUT2D eigenvalue weighted by Gasteiger charge is 2.21. The van der Waals surface area contributed by atoms with Crippen LogP contribution in [-0.2, 0) is 24.0 Å². The van der Waals surface area contributed by atoms with Crippen molar-refractivity contribution in [1.29, 1.82) is 0 Å². The number of rotatable bonds is 32. The third kappa shape index (κ3) is 26.9. The highest BCUT2D eigenvalue weighted by molar-refractivity contribution is 5.84. The van der Waals surface area contributed by atoms with Crippen LogP contribution in [0.3, 0.4) is 0 Å². The summed E-state index contributed by atoms with van der Waals surface area (Å²) in [5.41, 5.74) is 5.26. The Bertz CT molecular complexity index is 796. The van der Waals surface area contributed by atoms with Crippen molar-refractivity contribution in [2.75, 3.05) is 13.6 Å². The lowest BCUT2D eigenvalue weighted by Gasteiger charge is -2.15. The molecule has 0 aliphatic carbocycles. The molecule has 0 heterocycles. The van der Waals surface area contributed by atoms with Crippen LogP contribution in [0, 0.1) is 0 Å². The van der Waals surface area contributed by atoms with Crippen LogP contribution in [0.15, 0.2) is 0 Å². The molecule has 7 N–H and O–H groups in total. The molecule has 12 heteroatoms. The Morgan fingerprint density at radius 2 is 0.955 bits per heavy atom. The first-order valence-corrected chi connectivity index (χ1v) is 16.8. The summed E-state index contributed by atoms with van der Waals surface area (Å²) in [6, 6.07) is -1.81. The number of carboxylic acids is 3. The molecule has 0 aliphatic heterocycles. The molecule has 0 unspecified atom stereocenters. The van der Waals surface area contributed by atoms with Crippen molar-refractivity contribution in [2.45, 2.75) is 160 Å². The number of hydrogen-bond acceptors (Lipinski definition) is 7. The molecule has 0 saturated carbocycles. The maximum absolute atomic E-state index is 12.2. The summed E-state index contributed by atoms with van der Waals surface area (Å²) in [6.45, 7) is 0.371. The van der Waals surface area contributed by atoms with E-state index >= 15 is 0 Å². The molecule has 44 heavy (non-hydrogen) atoms. The summed E-state index contributed by atoms with van der Waals surface area (Å²) in [4.78, 5) is 57.4. The lowest BCUT2D eigenvalue weighted by atomic mass is 10.0. The van der Waals surface area contributed by atoms with Crippen LogP contribution in [0.1, 0.15) is 148 Å². The summed E-state index contributed by atoms with van der Waals surface area (Å²) in [6.07, 6.45) is 20.2. The summed E-state index contributed by atoms with van der Waals surface area (Å²) in [5, 5.41) is 32.4. The third-order valence-corrected chi connectivity index (χ3v) is 7.70. The van der Waals surface area contributed by atoms with Gasteiger partial charge in [-0.25, -0.2) is 10.2 Å². The van der Waals surface area contributed by atoms with Gasteiger partial charge < -0.3 is 26.0 Å². The third-order valence-electron chi connectivity index (χ3n) is 7.70. The van der Waals surface area contributed by atoms with E-state index in [1.165, 1.54) is 57.8 Å². The maximum Gasteiger partial charge on any atom is 0.326 e. The van der Waals surface area contributed by atoms with Crippen LogP contribution in [-0.4, -0.2) is 70.7 Å². The first-order chi connectivity index (χ1) is 21.2. The van der Waals surface area contributed by atoms with Gasteiger partial charge in [-0.1, -0.05) is 89.9 Å². The van der Waals surface area contributed by atoms with E-state index in [-0.39, 0.29) is 37.5 Å². The van der Waals surface area contributed by atoms with Gasteiger partial charge in [0.25, 0.3) is 0 Å². The smallest absolute Gasteiger partial charge is 0.326 e. The molecule has 256 valence electrons. The Morgan fingerprint density at radius 3 is 1.39 bits per heavy atom. The molecule has 0 spiro atoms. The van der Waals surface area contributed by atoms with Crippen LogP contribution < -0.4 is 21.5 Å². The van der Waals surface area contributed by atoms with Crippen molar-refractivity contribution in [2.24, 2.45) is 0 Å². The van der Waals surface area contributed by atoms with Gasteiger partial charge >= 0.3 is 17.9 Å². The highest BCUT2D eigenvalue weighted by Crippen LogP contribution is 2.14. The largest absolute Gasteiger partial charge is 0.481 e. The van der Waals surface area contributed by atoms with E-state index in [2.05, 4.69) is 21.5 Å². The lowest BCUT2D eigenvalue weighted by Crippen LogP contribution is -2.43. The Hall–Kier alpha value is -2.73. The first kappa shape index (κ1) is 41.3. The van der Waals surface area contributed by atoms with Gasteiger partial charge in [-0.15, -0.1) is 0 Å². The first-order valence-electron chi connectivity index (χ1n) is 16.8. The Labute approximate surface area is 263 Å². The average molecular weight is 629 g/mol. The van der Waals surface area contributed by atoms with Crippen molar-refractivity contribution >= 4 is 29.7 Å². The van der Waals surface area contributed by atoms with E-state index in [1.807, 2.05) is 0 Å². The second-order valence-electron chi connectivity index (χ2n) is 11.7. The zero-order valence-electron chi connectivity index (χ0n) is 27.0. The Kier molecular flexibility index (Phi) is 27.2. The maximum atomic E-state index is 12.2. The summed E-state index contributed by atoms with van der Waals surface area (Å²) >= 11 is 0. The fourth-order valence-electron chi connectivity index (χ4n) is 5.06. The van der Waals surface area contributed by atoms with E-state index in [4.69, 9.17) is 10.2 Å². The number of nitrogens with one attached hydrogen (secondary N) is 4. The molecule has 0 aromatic rings. The number of unbranched alkanes of at least 4 members (excludes halogenated alkanes) is 16. The molecule has 0 bridgehead atoms. The molecule has 0 radical (unpaired) electrons. The number of carbonyl (C=O) groups is 5. The predicted octanol–water partition coefficient (Wildman–Crippen LogP) is 4.91. The molecule has 0 saturated heterocycles. The molecule has 0 aliphatic rings. The van der Waals surface area contributed by atoms with E-state index in [9.17, 15) is 29.1 Å². The SMILES string of the molecule is CNN[C@@H](CCCCNC(=O)CC[C@H](NC(=O)CCCCCCCCCCCCCCCCCCC(=O)O)C(=O)O)C(=O)O. The molecule has 12 nitrogen and oxygen atoms in total. The molecule has 2 atom stereocenters. The zero-order chi connectivity index (χ0) is 32.8. The van der Waals surface area contributed by atoms with Gasteiger partial charge in [-0.3, -0.25) is 24.6 Å². The van der Waals surface area contributed by atoms with Gasteiger partial charge in [0.05, 0.1) is 0 Å². The van der Waals surface area contributed by atoms with Gasteiger partial charge in [-0.05, 0) is 45.6 Å². The molecular weight excluding hydrogens is 568 g/mol. The minimum absolute atomic E-state index is 0.0102. The quantitative estimate of drug-likeness (QED) is 0.0397. The summed E-state index contributed by atoms with van der Waals surface area (Å²) in [7, 11) is 1.60. The molecule has 0 rings (SSSR count). The lowest BCUT2D eigenvalue weighted by molar-refractivity contribution is -0.142. The van der Waals surface area contributed by atoms with Crippen LogP contribution >= 0.6 is 0 Å². The summed E-state index contributed by atoms with van der Waals surface area (Å²) in [5.74, 6) is -3.42. The van der Waals surface area contributed by atoms with Gasteiger partial charge in [0.1, 0.15) is 12.1 Å². The minimum atomic E-state index is -1.16. The van der Waals surface area contributed by atoms with Crippen molar-refractivity contribution in [3.8, 4) is 0 Å². The van der Waals surface area contributed by atoms with Crippen LogP contribution in [0.4, 0.5) is 0 Å². The van der Waals surface area contributed by atoms with Crippen molar-refractivity contribution < 1.29 is 39.3 Å². The van der Waals surface area contributed by atoms with Gasteiger partial charge in [0.2, 0.25) is 11.8 Å². The Balaban J connectivity index is 3.71. The Morgan fingerprint density at radius 1 is 0.500 bits per heavy atom. The van der Waals surface area contributed by atoms with Crippen LogP contribution in [0.2, 0.25) is 0 Å². The minimum Gasteiger partial charge on any atom is -0.481 e. The van der Waals surface area contributed by atoms with Gasteiger partial charge in [0, 0.05) is 25.8 Å². The molecular formula is C32H60N4O8. The average Bonchev–Trinajstić information content (AvgIpc) is 2.97. The van der Waals surface area contributed by atoms with Crippen LogP contribution in [0.5, 0.6) is 0 Å². The van der Waals surface area contributed by atoms with E-state index in [0.717, 1.165) is 38.5 Å². The fourth-order valence-corrected chi connectivity index (χ4v) is 5.06. The predicted molar refractivity (Wildman–Crippen MR) is 170 cm³/mol. The standard InChI is InChI=1S/C32H60N4O8/c1-33-36-27(32(43)44)20-18-19-25-34-28(37)24-23-26(31(41)42)35-29(38)21-16-14-12-10-8-6-4-2-3-5-7-9-11-13-15-17-22-30(39)40/h26-27,33,36H,2-25H2,1H3,(H,34,37)(H,35,38)(H,39,40)(H,41,42)(H,43,44)/t26-,27-/m0/s1. The normalized spacial score (nSPS) is 12.4. The van der Waals surface area contributed by atoms with E-state index in [0.29, 0.717) is 32.2 Å². The van der Waals surface area contributed by atoms with Crippen molar-refractivity contribution in [3.05, 3.63) is 0 Å². The molecule has 0 fully saturated rings. The van der Waals surface area contributed by atoms with Crippen molar-refractivity contribution in [3.63, 3.8) is 0 Å². The monoisotopic (exact) mass is 628 g/mol. The number of amides is 2. The van der Waals surface area contributed by atoms with E-state index < -0.39 is 30.0 Å². The highest BCUT2D eigenvalue weighted by atomic mass is 16.4. The van der Waals surface area contributed by atoms with Crippen molar-refractivity contribution in [1.82, 2.24) is 21.5 Å². The number of aliphatic carboxylic acids is 3. The number of carboxylic acid groups (broad SMARTS) is 3.